The van der Waals surface area contributed by atoms with Crippen molar-refractivity contribution in [2.24, 2.45) is 5.10 Å². The summed E-state index contributed by atoms with van der Waals surface area (Å²) in [5, 5.41) is 26.9. The van der Waals surface area contributed by atoms with Gasteiger partial charge in [-0.2, -0.15) is 5.10 Å². The number of hydrogen-bond donors (Lipinski definition) is 1. The molecule has 14 heteroatoms. The average Bonchev–Trinajstić information content (AvgIpc) is 2.81. The topological polar surface area (TPSA) is 146 Å². The van der Waals surface area contributed by atoms with Crippen molar-refractivity contribution in [3.05, 3.63) is 94.4 Å². The summed E-state index contributed by atoms with van der Waals surface area (Å²) < 4.78 is 11.7. The number of non-ortho nitro benzene ring substituents is 1. The normalized spacial score (nSPS) is 10.8. The lowest BCUT2D eigenvalue weighted by Gasteiger charge is -2.14. The van der Waals surface area contributed by atoms with Crippen LogP contribution < -0.4 is 14.9 Å². The number of hydrazone groups is 1. The van der Waals surface area contributed by atoms with Gasteiger partial charge in [-0.25, -0.2) is 5.43 Å². The number of nitrogens with zero attached hydrogens (tertiary/aromatic N) is 3. The van der Waals surface area contributed by atoms with Crippen molar-refractivity contribution in [3.63, 3.8) is 0 Å². The van der Waals surface area contributed by atoms with Crippen molar-refractivity contribution in [3.8, 4) is 17.2 Å². The molecule has 3 rings (SSSR count). The van der Waals surface area contributed by atoms with Gasteiger partial charge in [0.15, 0.2) is 11.5 Å². The molecule has 0 aromatic heterocycles. The molecule has 0 aliphatic carbocycles. The van der Waals surface area contributed by atoms with Gasteiger partial charge in [0, 0.05) is 11.1 Å². The molecule has 0 aliphatic heterocycles. The van der Waals surface area contributed by atoms with Crippen LogP contribution in [0.3, 0.4) is 0 Å². The SMILES string of the molecule is CCOc1cc(/C=N\NC(=O)c2ccc(Cl)cc2Cl)cc(Br)c1Oc1ccc([N+](=O)[O-])cc1[N+](=O)[O-]. The second-order valence-corrected chi connectivity index (χ2v) is 8.55. The molecule has 3 aromatic rings. The highest BCUT2D eigenvalue weighted by Crippen LogP contribution is 2.42. The zero-order valence-corrected chi connectivity index (χ0v) is 21.3. The number of halogens is 3. The molecule has 0 spiro atoms. The molecule has 0 fully saturated rings. The van der Waals surface area contributed by atoms with E-state index in [1.54, 1.807) is 13.0 Å². The number of amides is 1. The van der Waals surface area contributed by atoms with Crippen molar-refractivity contribution in [2.75, 3.05) is 6.61 Å². The van der Waals surface area contributed by atoms with Crippen LogP contribution in [0.1, 0.15) is 22.8 Å². The summed E-state index contributed by atoms with van der Waals surface area (Å²) in [7, 11) is 0. The van der Waals surface area contributed by atoms with Gasteiger partial charge in [-0.3, -0.25) is 25.0 Å². The first-order valence-electron chi connectivity index (χ1n) is 9.96. The monoisotopic (exact) mass is 596 g/mol. The standard InChI is InChI=1S/C22H15BrCl2N4O7/c1-2-35-20-8-12(11-26-27-22(30)15-5-3-13(24)9-17(15)25)7-16(23)21(20)36-19-6-4-14(28(31)32)10-18(19)29(33)34/h3-11H,2H2,1H3,(H,27,30)/b26-11-. The molecule has 0 heterocycles. The van der Waals surface area contributed by atoms with Crippen LogP contribution in [0, 0.1) is 20.2 Å². The second kappa shape index (κ2) is 11.8. The first-order valence-corrected chi connectivity index (χ1v) is 11.5. The maximum absolute atomic E-state index is 12.3. The Kier molecular flexibility index (Phi) is 8.80. The van der Waals surface area contributed by atoms with Gasteiger partial charge in [-0.05, 0) is 64.8 Å². The molecule has 0 atom stereocenters. The number of nitro groups is 2. The van der Waals surface area contributed by atoms with Crippen LogP contribution in [0.25, 0.3) is 0 Å². The van der Waals surface area contributed by atoms with Gasteiger partial charge in [0.2, 0.25) is 5.75 Å². The maximum Gasteiger partial charge on any atom is 0.318 e. The van der Waals surface area contributed by atoms with Crippen LogP contribution in [0.2, 0.25) is 10.0 Å². The Bertz CT molecular complexity index is 1380. The highest BCUT2D eigenvalue weighted by Gasteiger charge is 2.23. The average molecular weight is 598 g/mol. The molecule has 1 N–H and O–H groups in total. The van der Waals surface area contributed by atoms with E-state index in [4.69, 9.17) is 32.7 Å². The van der Waals surface area contributed by atoms with Crippen LogP contribution in [-0.4, -0.2) is 28.6 Å². The van der Waals surface area contributed by atoms with E-state index in [0.717, 1.165) is 18.2 Å². The molecular formula is C22H15BrCl2N4O7. The maximum atomic E-state index is 12.3. The van der Waals surface area contributed by atoms with Gasteiger partial charge >= 0.3 is 5.69 Å². The number of carbonyl (C=O) groups excluding carboxylic acids is 1. The summed E-state index contributed by atoms with van der Waals surface area (Å²) >= 11 is 15.2. The van der Waals surface area contributed by atoms with E-state index in [-0.39, 0.29) is 34.4 Å². The highest BCUT2D eigenvalue weighted by molar-refractivity contribution is 9.10. The van der Waals surface area contributed by atoms with E-state index in [1.165, 1.54) is 30.5 Å². The van der Waals surface area contributed by atoms with Crippen molar-refractivity contribution >= 4 is 62.6 Å². The van der Waals surface area contributed by atoms with Gasteiger partial charge in [-0.1, -0.05) is 23.2 Å². The molecule has 1 amide bonds. The number of hydrogen-bond acceptors (Lipinski definition) is 8. The number of nitro benzene ring substituents is 2. The molecule has 11 nitrogen and oxygen atoms in total. The number of nitrogens with one attached hydrogen (secondary N) is 1. The fourth-order valence-electron chi connectivity index (χ4n) is 2.88. The summed E-state index contributed by atoms with van der Waals surface area (Å²) in [5.74, 6) is -0.473. The van der Waals surface area contributed by atoms with E-state index in [1.807, 2.05) is 0 Å². The Hall–Kier alpha value is -3.74. The predicted octanol–water partition coefficient (Wildman–Crippen LogP) is 6.53. The summed E-state index contributed by atoms with van der Waals surface area (Å²) in [6, 6.07) is 10.5. The molecule has 0 aliphatic rings. The van der Waals surface area contributed by atoms with Crippen LogP contribution >= 0.6 is 39.1 Å². The first kappa shape index (κ1) is 26.9. The zero-order chi connectivity index (χ0) is 26.4. The van der Waals surface area contributed by atoms with E-state index in [9.17, 15) is 25.0 Å². The molecule has 36 heavy (non-hydrogen) atoms. The van der Waals surface area contributed by atoms with Crippen molar-refractivity contribution in [2.45, 2.75) is 6.92 Å². The Balaban J connectivity index is 1.87. The van der Waals surface area contributed by atoms with Crippen molar-refractivity contribution in [1.82, 2.24) is 5.43 Å². The largest absolute Gasteiger partial charge is 0.490 e. The molecule has 186 valence electrons. The van der Waals surface area contributed by atoms with E-state index < -0.39 is 27.1 Å². The summed E-state index contributed by atoms with van der Waals surface area (Å²) in [6.07, 6.45) is 1.34. The molecular weight excluding hydrogens is 583 g/mol. The number of benzene rings is 3. The van der Waals surface area contributed by atoms with Crippen molar-refractivity contribution in [1.29, 1.82) is 0 Å². The van der Waals surface area contributed by atoms with Gasteiger partial charge < -0.3 is 9.47 Å². The van der Waals surface area contributed by atoms with Crippen LogP contribution in [0.15, 0.2) is 58.1 Å². The summed E-state index contributed by atoms with van der Waals surface area (Å²) in [5.41, 5.74) is 1.98. The lowest BCUT2D eigenvalue weighted by atomic mass is 10.2. The Morgan fingerprint density at radius 2 is 1.83 bits per heavy atom. The second-order valence-electron chi connectivity index (χ2n) is 6.85. The van der Waals surface area contributed by atoms with E-state index >= 15 is 0 Å². The zero-order valence-electron chi connectivity index (χ0n) is 18.2. The van der Waals surface area contributed by atoms with Gasteiger partial charge in [0.1, 0.15) is 0 Å². The van der Waals surface area contributed by atoms with Gasteiger partial charge in [0.05, 0.1) is 43.8 Å². The highest BCUT2D eigenvalue weighted by atomic mass is 79.9. The molecule has 0 radical (unpaired) electrons. The lowest BCUT2D eigenvalue weighted by Crippen LogP contribution is -2.18. The van der Waals surface area contributed by atoms with Crippen LogP contribution in [0.4, 0.5) is 11.4 Å². The van der Waals surface area contributed by atoms with Crippen LogP contribution in [-0.2, 0) is 0 Å². The van der Waals surface area contributed by atoms with Gasteiger partial charge in [-0.15, -0.1) is 0 Å². The molecule has 0 bridgehead atoms. The third kappa shape index (κ3) is 6.47. The van der Waals surface area contributed by atoms with E-state index in [2.05, 4.69) is 26.5 Å². The minimum atomic E-state index is -0.784. The lowest BCUT2D eigenvalue weighted by molar-refractivity contribution is -0.394. The Morgan fingerprint density at radius 3 is 2.47 bits per heavy atom. The molecule has 0 unspecified atom stereocenters. The molecule has 0 saturated carbocycles. The number of carbonyl (C=O) groups is 1. The fraction of sp³-hybridized carbons (Fsp3) is 0.0909. The first-order chi connectivity index (χ1) is 17.1. The summed E-state index contributed by atoms with van der Waals surface area (Å²) in [6.45, 7) is 1.96. The predicted molar refractivity (Wildman–Crippen MR) is 137 cm³/mol. The summed E-state index contributed by atoms with van der Waals surface area (Å²) in [4.78, 5) is 33.2. The van der Waals surface area contributed by atoms with E-state index in [0.29, 0.717) is 15.1 Å². The molecule has 0 saturated heterocycles. The number of ether oxygens (including phenoxy) is 2. The number of rotatable bonds is 9. The van der Waals surface area contributed by atoms with Crippen LogP contribution in [0.5, 0.6) is 17.2 Å². The fourth-order valence-corrected chi connectivity index (χ4v) is 3.92. The molecule has 3 aromatic carbocycles. The third-order valence-electron chi connectivity index (χ3n) is 4.45. The quantitative estimate of drug-likeness (QED) is 0.168. The third-order valence-corrected chi connectivity index (χ3v) is 5.59. The minimum absolute atomic E-state index is 0.0999. The van der Waals surface area contributed by atoms with Gasteiger partial charge in [0.25, 0.3) is 11.6 Å². The van der Waals surface area contributed by atoms with Crippen molar-refractivity contribution < 1.29 is 24.1 Å². The minimum Gasteiger partial charge on any atom is -0.490 e. The Labute approximate surface area is 222 Å². The Morgan fingerprint density at radius 1 is 1.08 bits per heavy atom. The smallest absolute Gasteiger partial charge is 0.318 e.